The Morgan fingerprint density at radius 1 is 0.419 bits per heavy atom. The monoisotopic (exact) mass is 561 g/mol. The number of rotatable bonds is 3. The zero-order chi connectivity index (χ0) is 29.7. The lowest BCUT2D eigenvalue weighted by Crippen LogP contribution is -2.35. The van der Waals surface area contributed by atoms with Crippen molar-refractivity contribution in [2.75, 3.05) is 4.90 Å². The molecule has 2 aromatic heterocycles. The van der Waals surface area contributed by atoms with Crippen LogP contribution in [0.15, 0.2) is 115 Å². The minimum Gasteiger partial charge on any atom is -0.309 e. The van der Waals surface area contributed by atoms with Gasteiger partial charge in [0.1, 0.15) is 0 Å². The van der Waals surface area contributed by atoms with Gasteiger partial charge in [-0.3, -0.25) is 9.59 Å². The standard InChI is InChI=1S/C38H31N3O2/c1-37(2)35(42)41(36(43)38(37,3)4)25-19-17-24(18-20-25)39-33-16-10-7-13-29(33)30-23-26(21-22-34(30)39)40-31-14-8-5-11-27(31)28-12-6-9-15-32(28)40/h5-23H,1-4H3. The van der Waals surface area contributed by atoms with Crippen LogP contribution in [0.25, 0.3) is 55.0 Å². The van der Waals surface area contributed by atoms with E-state index in [1.165, 1.54) is 26.7 Å². The van der Waals surface area contributed by atoms with Crippen molar-refractivity contribution in [3.8, 4) is 11.4 Å². The van der Waals surface area contributed by atoms with Gasteiger partial charge in [-0.2, -0.15) is 0 Å². The normalized spacial score (nSPS) is 16.3. The van der Waals surface area contributed by atoms with Crippen molar-refractivity contribution in [3.63, 3.8) is 0 Å². The van der Waals surface area contributed by atoms with Crippen LogP contribution < -0.4 is 4.90 Å². The number of imide groups is 1. The molecule has 0 spiro atoms. The zero-order valence-electron chi connectivity index (χ0n) is 24.6. The van der Waals surface area contributed by atoms with E-state index in [0.717, 1.165) is 33.2 Å². The highest BCUT2D eigenvalue weighted by Crippen LogP contribution is 2.48. The number of hydrogen-bond acceptors (Lipinski definition) is 2. The van der Waals surface area contributed by atoms with Gasteiger partial charge in [-0.25, -0.2) is 4.90 Å². The molecular weight excluding hydrogens is 530 g/mol. The molecule has 5 heteroatoms. The quantitative estimate of drug-likeness (QED) is 0.202. The molecule has 210 valence electrons. The molecule has 2 amide bonds. The Morgan fingerprint density at radius 3 is 1.30 bits per heavy atom. The van der Waals surface area contributed by atoms with Gasteiger partial charge in [0.05, 0.1) is 38.6 Å². The number of benzene rings is 5. The number of aromatic nitrogens is 2. The van der Waals surface area contributed by atoms with Crippen molar-refractivity contribution in [1.29, 1.82) is 0 Å². The number of fused-ring (bicyclic) bond motifs is 6. The van der Waals surface area contributed by atoms with Crippen LogP contribution in [0.4, 0.5) is 5.69 Å². The number of carbonyl (C=O) groups excluding carboxylic acids is 2. The maximum absolute atomic E-state index is 13.3. The predicted octanol–water partition coefficient (Wildman–Crippen LogP) is 8.81. The Balaban J connectivity index is 1.29. The summed E-state index contributed by atoms with van der Waals surface area (Å²) in [4.78, 5) is 28.0. The summed E-state index contributed by atoms with van der Waals surface area (Å²) < 4.78 is 4.60. The maximum Gasteiger partial charge on any atom is 0.240 e. The van der Waals surface area contributed by atoms with Gasteiger partial charge in [-0.05, 0) is 88.4 Å². The molecule has 0 atom stereocenters. The lowest BCUT2D eigenvalue weighted by Gasteiger charge is -2.28. The summed E-state index contributed by atoms with van der Waals surface area (Å²) in [5.74, 6) is -0.325. The lowest BCUT2D eigenvalue weighted by atomic mass is 9.70. The Kier molecular flexibility index (Phi) is 5.16. The molecule has 3 heterocycles. The van der Waals surface area contributed by atoms with Gasteiger partial charge in [0.25, 0.3) is 0 Å². The van der Waals surface area contributed by atoms with Crippen molar-refractivity contribution < 1.29 is 9.59 Å². The van der Waals surface area contributed by atoms with E-state index in [-0.39, 0.29) is 11.8 Å². The van der Waals surface area contributed by atoms with Gasteiger partial charge < -0.3 is 9.13 Å². The summed E-state index contributed by atoms with van der Waals surface area (Å²) in [7, 11) is 0. The zero-order valence-corrected chi connectivity index (χ0v) is 24.6. The topological polar surface area (TPSA) is 47.2 Å². The SMILES string of the molecule is CC1(C)C(=O)N(c2ccc(-n3c4ccccc4c4cc(-n5c6ccccc6c6ccccc65)ccc43)cc2)C(=O)C1(C)C. The van der Waals surface area contributed by atoms with Crippen molar-refractivity contribution in [1.82, 2.24) is 9.13 Å². The van der Waals surface area contributed by atoms with Crippen LogP contribution in [0, 0.1) is 10.8 Å². The fraction of sp³-hybridized carbons (Fsp3) is 0.158. The van der Waals surface area contributed by atoms with Gasteiger partial charge >= 0.3 is 0 Å². The molecule has 0 aliphatic carbocycles. The second-order valence-electron chi connectivity index (χ2n) is 12.6. The molecule has 1 saturated heterocycles. The molecule has 7 aromatic rings. The number of para-hydroxylation sites is 3. The fourth-order valence-electron chi connectivity index (χ4n) is 6.75. The summed E-state index contributed by atoms with van der Waals surface area (Å²) in [6.45, 7) is 7.42. The van der Waals surface area contributed by atoms with E-state index in [0.29, 0.717) is 5.69 Å². The van der Waals surface area contributed by atoms with Crippen molar-refractivity contribution in [2.45, 2.75) is 27.7 Å². The largest absolute Gasteiger partial charge is 0.309 e. The summed E-state index contributed by atoms with van der Waals surface area (Å²) in [5, 5.41) is 4.80. The van der Waals surface area contributed by atoms with Crippen LogP contribution >= 0.6 is 0 Å². The Hall–Kier alpha value is -5.16. The van der Waals surface area contributed by atoms with Crippen molar-refractivity contribution >= 4 is 61.1 Å². The fourth-order valence-corrected chi connectivity index (χ4v) is 6.75. The molecule has 0 radical (unpaired) electrons. The van der Waals surface area contributed by atoms with E-state index in [2.05, 4.69) is 100 Å². The minimum absolute atomic E-state index is 0.162. The third kappa shape index (κ3) is 3.33. The molecule has 0 saturated carbocycles. The van der Waals surface area contributed by atoms with Crippen LogP contribution in [0.1, 0.15) is 27.7 Å². The summed E-state index contributed by atoms with van der Waals surface area (Å²) in [5.41, 5.74) is 5.69. The summed E-state index contributed by atoms with van der Waals surface area (Å²) >= 11 is 0. The molecule has 8 rings (SSSR count). The predicted molar refractivity (Wildman–Crippen MR) is 175 cm³/mol. The van der Waals surface area contributed by atoms with Gasteiger partial charge in [0, 0.05) is 32.9 Å². The lowest BCUT2D eigenvalue weighted by molar-refractivity contribution is -0.129. The van der Waals surface area contributed by atoms with Crippen LogP contribution in [0.2, 0.25) is 0 Å². The first-order chi connectivity index (χ1) is 20.7. The van der Waals surface area contributed by atoms with Gasteiger partial charge in [0.15, 0.2) is 0 Å². The molecule has 5 aromatic carbocycles. The highest BCUT2D eigenvalue weighted by molar-refractivity contribution is 6.25. The summed E-state index contributed by atoms with van der Waals surface area (Å²) in [6.07, 6.45) is 0. The van der Waals surface area contributed by atoms with Gasteiger partial charge in [-0.15, -0.1) is 0 Å². The van der Waals surface area contributed by atoms with E-state index in [4.69, 9.17) is 0 Å². The number of hydrogen-bond donors (Lipinski definition) is 0. The number of amides is 2. The van der Waals surface area contributed by atoms with Crippen LogP contribution in [0.5, 0.6) is 0 Å². The Labute approximate surface area is 249 Å². The maximum atomic E-state index is 13.3. The number of carbonyl (C=O) groups is 2. The first-order valence-electron chi connectivity index (χ1n) is 14.7. The van der Waals surface area contributed by atoms with E-state index >= 15 is 0 Å². The molecule has 43 heavy (non-hydrogen) atoms. The molecule has 0 N–H and O–H groups in total. The first kappa shape index (κ1) is 25.5. The van der Waals surface area contributed by atoms with Gasteiger partial charge in [-0.1, -0.05) is 54.6 Å². The average molecular weight is 562 g/mol. The molecular formula is C38H31N3O2. The third-order valence-corrected chi connectivity index (χ3v) is 9.90. The second kappa shape index (κ2) is 8.68. The molecule has 1 fully saturated rings. The highest BCUT2D eigenvalue weighted by Gasteiger charge is 2.59. The molecule has 1 aliphatic heterocycles. The highest BCUT2D eigenvalue weighted by atomic mass is 16.2. The number of nitrogens with zero attached hydrogens (tertiary/aromatic N) is 3. The van der Waals surface area contributed by atoms with E-state index < -0.39 is 10.8 Å². The first-order valence-corrected chi connectivity index (χ1v) is 14.7. The molecule has 0 unspecified atom stereocenters. The van der Waals surface area contributed by atoms with E-state index in [9.17, 15) is 9.59 Å². The Bertz CT molecular complexity index is 2200. The van der Waals surface area contributed by atoms with Crippen LogP contribution in [0.3, 0.4) is 0 Å². The molecule has 1 aliphatic rings. The Morgan fingerprint density at radius 2 is 0.791 bits per heavy atom. The van der Waals surface area contributed by atoms with E-state index in [1.54, 1.807) is 0 Å². The van der Waals surface area contributed by atoms with Crippen molar-refractivity contribution in [2.24, 2.45) is 10.8 Å². The van der Waals surface area contributed by atoms with Crippen LogP contribution in [-0.4, -0.2) is 20.9 Å². The third-order valence-electron chi connectivity index (χ3n) is 9.90. The molecule has 5 nitrogen and oxygen atoms in total. The summed E-state index contributed by atoms with van der Waals surface area (Å²) in [6, 6.07) is 40.0. The average Bonchev–Trinajstić information content (AvgIpc) is 3.57. The second-order valence-corrected chi connectivity index (χ2v) is 12.6. The van der Waals surface area contributed by atoms with Crippen LogP contribution in [-0.2, 0) is 9.59 Å². The van der Waals surface area contributed by atoms with E-state index in [1.807, 2.05) is 52.0 Å². The smallest absolute Gasteiger partial charge is 0.240 e. The van der Waals surface area contributed by atoms with Crippen molar-refractivity contribution in [3.05, 3.63) is 115 Å². The molecule has 0 bridgehead atoms. The number of anilines is 1. The van der Waals surface area contributed by atoms with Gasteiger partial charge in [0.2, 0.25) is 11.8 Å². The minimum atomic E-state index is -0.774.